The van der Waals surface area contributed by atoms with E-state index in [0.717, 1.165) is 18.7 Å². The van der Waals surface area contributed by atoms with Crippen molar-refractivity contribution in [2.45, 2.75) is 26.8 Å². The van der Waals surface area contributed by atoms with E-state index in [1.165, 1.54) is 21.6 Å². The lowest BCUT2D eigenvalue weighted by atomic mass is 10.1. The van der Waals surface area contributed by atoms with Gasteiger partial charge < -0.3 is 10.2 Å². The van der Waals surface area contributed by atoms with Crippen molar-refractivity contribution in [3.05, 3.63) is 65.2 Å². The van der Waals surface area contributed by atoms with Crippen molar-refractivity contribution in [2.24, 2.45) is 0 Å². The molecule has 0 saturated carbocycles. The highest BCUT2D eigenvalue weighted by atomic mass is 16.2. The minimum Gasteiger partial charge on any atom is -0.326 e. The van der Waals surface area contributed by atoms with E-state index in [1.807, 2.05) is 31.3 Å². The fraction of sp³-hybridized carbons (Fsp3) is 0.316. The first-order chi connectivity index (χ1) is 10.6. The molecule has 0 fully saturated rings. The Kier molecular flexibility index (Phi) is 5.73. The Morgan fingerprint density at radius 2 is 1.77 bits per heavy atom. The lowest BCUT2D eigenvalue weighted by molar-refractivity contribution is -0.885. The Morgan fingerprint density at radius 1 is 1.09 bits per heavy atom. The third-order valence-electron chi connectivity index (χ3n) is 3.86. The van der Waals surface area contributed by atoms with Crippen molar-refractivity contribution in [1.82, 2.24) is 0 Å². The fourth-order valence-corrected chi connectivity index (χ4v) is 2.50. The van der Waals surface area contributed by atoms with Gasteiger partial charge in [0.15, 0.2) is 6.54 Å². The molecule has 0 aliphatic rings. The first-order valence-electron chi connectivity index (χ1n) is 7.83. The van der Waals surface area contributed by atoms with Crippen LogP contribution in [0, 0.1) is 6.92 Å². The van der Waals surface area contributed by atoms with Crippen LogP contribution in [-0.2, 0) is 17.8 Å². The summed E-state index contributed by atoms with van der Waals surface area (Å²) in [6.07, 6.45) is 1.01. The highest BCUT2D eigenvalue weighted by molar-refractivity contribution is 5.91. The van der Waals surface area contributed by atoms with Gasteiger partial charge in [-0.2, -0.15) is 0 Å². The lowest BCUT2D eigenvalue weighted by Gasteiger charge is -2.15. The molecule has 2 rings (SSSR count). The molecule has 0 spiro atoms. The minimum atomic E-state index is 0.0512. The van der Waals surface area contributed by atoms with Gasteiger partial charge in [-0.3, -0.25) is 4.79 Å². The molecule has 2 aromatic carbocycles. The second-order valence-corrected chi connectivity index (χ2v) is 5.84. The second-order valence-electron chi connectivity index (χ2n) is 5.84. The summed E-state index contributed by atoms with van der Waals surface area (Å²) < 4.78 is 0. The quantitative estimate of drug-likeness (QED) is 0.842. The largest absolute Gasteiger partial charge is 0.326 e. The van der Waals surface area contributed by atoms with Gasteiger partial charge in [0.2, 0.25) is 0 Å². The van der Waals surface area contributed by atoms with Crippen LogP contribution in [0.2, 0.25) is 0 Å². The Balaban J connectivity index is 1.87. The fourth-order valence-electron chi connectivity index (χ4n) is 2.50. The van der Waals surface area contributed by atoms with E-state index in [9.17, 15) is 4.79 Å². The molecule has 0 saturated heterocycles. The topological polar surface area (TPSA) is 33.5 Å². The molecule has 0 aliphatic heterocycles. The molecule has 1 unspecified atom stereocenters. The van der Waals surface area contributed by atoms with Gasteiger partial charge in [-0.05, 0) is 36.6 Å². The van der Waals surface area contributed by atoms with Crippen molar-refractivity contribution in [1.29, 1.82) is 0 Å². The van der Waals surface area contributed by atoms with Gasteiger partial charge >= 0.3 is 0 Å². The number of hydrogen-bond acceptors (Lipinski definition) is 1. The van der Waals surface area contributed by atoms with Gasteiger partial charge in [0, 0.05) is 11.3 Å². The lowest BCUT2D eigenvalue weighted by Crippen LogP contribution is -3.08. The average Bonchev–Trinajstić information content (AvgIpc) is 2.50. The SMILES string of the molecule is CCc1ccc(NC(=O)C[NH+](C)Cc2ccccc2C)cc1. The predicted octanol–water partition coefficient (Wildman–Crippen LogP) is 2.21. The average molecular weight is 297 g/mol. The third kappa shape index (κ3) is 4.71. The van der Waals surface area contributed by atoms with Crippen LogP contribution in [0.1, 0.15) is 23.6 Å². The van der Waals surface area contributed by atoms with Crippen molar-refractivity contribution in [3.8, 4) is 0 Å². The standard InChI is InChI=1S/C19H24N2O/c1-4-16-9-11-18(12-10-16)20-19(22)14-21(3)13-17-8-6-5-7-15(17)2/h5-12H,4,13-14H2,1-3H3,(H,20,22)/p+1. The maximum atomic E-state index is 12.1. The molecule has 22 heavy (non-hydrogen) atoms. The maximum Gasteiger partial charge on any atom is 0.279 e. The summed E-state index contributed by atoms with van der Waals surface area (Å²) in [4.78, 5) is 13.3. The molecule has 1 atom stereocenters. The van der Waals surface area contributed by atoms with Crippen LogP contribution in [-0.4, -0.2) is 19.5 Å². The Bertz CT molecular complexity index is 620. The van der Waals surface area contributed by atoms with Crippen LogP contribution >= 0.6 is 0 Å². The summed E-state index contributed by atoms with van der Waals surface area (Å²) in [6, 6.07) is 16.4. The molecule has 3 nitrogen and oxygen atoms in total. The summed E-state index contributed by atoms with van der Waals surface area (Å²) >= 11 is 0. The van der Waals surface area contributed by atoms with Crippen molar-refractivity contribution in [3.63, 3.8) is 0 Å². The van der Waals surface area contributed by atoms with Gasteiger partial charge in [-0.15, -0.1) is 0 Å². The number of rotatable bonds is 6. The van der Waals surface area contributed by atoms with E-state index in [2.05, 4.69) is 43.4 Å². The number of benzene rings is 2. The Hall–Kier alpha value is -2.13. The Morgan fingerprint density at radius 3 is 2.41 bits per heavy atom. The normalized spacial score (nSPS) is 12.0. The summed E-state index contributed by atoms with van der Waals surface area (Å²) in [5.74, 6) is 0.0512. The van der Waals surface area contributed by atoms with Gasteiger partial charge in [0.1, 0.15) is 6.54 Å². The minimum absolute atomic E-state index is 0.0512. The number of carbonyl (C=O) groups excluding carboxylic acids is 1. The van der Waals surface area contributed by atoms with Crippen molar-refractivity contribution >= 4 is 11.6 Å². The Labute approximate surface area is 133 Å². The molecule has 2 aromatic rings. The highest BCUT2D eigenvalue weighted by Crippen LogP contribution is 2.09. The number of carbonyl (C=O) groups is 1. The van der Waals surface area contributed by atoms with E-state index >= 15 is 0 Å². The number of nitrogens with one attached hydrogen (secondary N) is 2. The molecule has 2 N–H and O–H groups in total. The van der Waals surface area contributed by atoms with E-state index in [1.54, 1.807) is 0 Å². The van der Waals surface area contributed by atoms with E-state index in [0.29, 0.717) is 6.54 Å². The number of hydrogen-bond donors (Lipinski definition) is 2. The summed E-state index contributed by atoms with van der Waals surface area (Å²) in [5, 5.41) is 2.96. The molecule has 0 aromatic heterocycles. The van der Waals surface area contributed by atoms with Gasteiger partial charge in [-0.1, -0.05) is 43.3 Å². The number of amides is 1. The van der Waals surface area contributed by atoms with E-state index in [-0.39, 0.29) is 5.91 Å². The highest BCUT2D eigenvalue weighted by Gasteiger charge is 2.11. The van der Waals surface area contributed by atoms with E-state index < -0.39 is 0 Å². The van der Waals surface area contributed by atoms with Crippen LogP contribution in [0.5, 0.6) is 0 Å². The number of likely N-dealkylation sites (N-methyl/N-ethyl adjacent to an activating group) is 1. The van der Waals surface area contributed by atoms with Crippen molar-refractivity contribution < 1.29 is 9.69 Å². The molecular weight excluding hydrogens is 272 g/mol. The number of anilines is 1. The zero-order valence-corrected chi connectivity index (χ0v) is 13.6. The van der Waals surface area contributed by atoms with Crippen LogP contribution in [0.4, 0.5) is 5.69 Å². The first-order valence-corrected chi connectivity index (χ1v) is 7.83. The monoisotopic (exact) mass is 297 g/mol. The van der Waals surface area contributed by atoms with Crippen LogP contribution in [0.3, 0.4) is 0 Å². The van der Waals surface area contributed by atoms with E-state index in [4.69, 9.17) is 0 Å². The molecule has 0 aliphatic carbocycles. The molecule has 0 bridgehead atoms. The summed E-state index contributed by atoms with van der Waals surface area (Å²) in [6.45, 7) is 5.55. The molecule has 3 heteroatoms. The van der Waals surface area contributed by atoms with Gasteiger partial charge in [0.05, 0.1) is 7.05 Å². The zero-order chi connectivity index (χ0) is 15.9. The van der Waals surface area contributed by atoms with Gasteiger partial charge in [0.25, 0.3) is 5.91 Å². The van der Waals surface area contributed by atoms with Gasteiger partial charge in [-0.25, -0.2) is 0 Å². The van der Waals surface area contributed by atoms with Crippen molar-refractivity contribution in [2.75, 3.05) is 18.9 Å². The predicted molar refractivity (Wildman–Crippen MR) is 91.1 cm³/mol. The number of quaternary nitrogens is 1. The zero-order valence-electron chi connectivity index (χ0n) is 13.6. The summed E-state index contributed by atoms with van der Waals surface area (Å²) in [5.41, 5.74) is 4.71. The van der Waals surface area contributed by atoms with Crippen LogP contribution in [0.15, 0.2) is 48.5 Å². The summed E-state index contributed by atoms with van der Waals surface area (Å²) in [7, 11) is 2.05. The third-order valence-corrected chi connectivity index (χ3v) is 3.86. The van der Waals surface area contributed by atoms with Crippen LogP contribution < -0.4 is 10.2 Å². The molecule has 0 heterocycles. The molecule has 116 valence electrons. The molecule has 0 radical (unpaired) electrons. The first kappa shape index (κ1) is 16.2. The maximum absolute atomic E-state index is 12.1. The second kappa shape index (κ2) is 7.76. The van der Waals surface area contributed by atoms with Crippen LogP contribution in [0.25, 0.3) is 0 Å². The number of aryl methyl sites for hydroxylation is 2. The smallest absolute Gasteiger partial charge is 0.279 e. The molecule has 1 amide bonds. The molecular formula is C19H25N2O+.